The summed E-state index contributed by atoms with van der Waals surface area (Å²) in [5.41, 5.74) is 9.48. The van der Waals surface area contributed by atoms with Crippen molar-refractivity contribution in [1.29, 1.82) is 0 Å². The van der Waals surface area contributed by atoms with Crippen LogP contribution in [0.3, 0.4) is 0 Å². The molecule has 0 saturated heterocycles. The topological polar surface area (TPSA) is 66.0 Å². The highest BCUT2D eigenvalue weighted by molar-refractivity contribution is 6.01. The predicted molar refractivity (Wildman–Crippen MR) is 125 cm³/mol. The summed E-state index contributed by atoms with van der Waals surface area (Å²) in [4.78, 5) is 10.8. The van der Waals surface area contributed by atoms with Crippen LogP contribution in [0.1, 0.15) is 40.7 Å². The maximum absolute atomic E-state index is 10.8. The monoisotopic (exact) mass is 406 g/mol. The van der Waals surface area contributed by atoms with E-state index in [1.54, 1.807) is 6.08 Å². The first-order chi connectivity index (χ1) is 15.2. The van der Waals surface area contributed by atoms with E-state index in [2.05, 4.69) is 64.8 Å². The van der Waals surface area contributed by atoms with Gasteiger partial charge in [-0.15, -0.1) is 0 Å². The molecule has 152 valence electrons. The third kappa shape index (κ3) is 3.80. The van der Waals surface area contributed by atoms with Crippen LogP contribution in [0, 0.1) is 0 Å². The molecule has 0 unspecified atom stereocenters. The number of H-pyrrole nitrogens is 1. The summed E-state index contributed by atoms with van der Waals surface area (Å²) < 4.78 is 0. The SMILES string of the molecule is O=C(O)/C=C/c1ccc(/C(=C2/CCCc3ccccc32)c2ccc3[nH]ncc3c2)cc1. The molecule has 1 aromatic heterocycles. The number of rotatable bonds is 4. The number of fused-ring (bicyclic) bond motifs is 2. The van der Waals surface area contributed by atoms with E-state index in [-0.39, 0.29) is 0 Å². The zero-order valence-electron chi connectivity index (χ0n) is 17.0. The van der Waals surface area contributed by atoms with Gasteiger partial charge in [0.2, 0.25) is 0 Å². The van der Waals surface area contributed by atoms with Crippen molar-refractivity contribution in [2.45, 2.75) is 19.3 Å². The Kier molecular flexibility index (Phi) is 4.97. The van der Waals surface area contributed by atoms with Gasteiger partial charge in [-0.05, 0) is 76.4 Å². The lowest BCUT2D eigenvalue weighted by molar-refractivity contribution is -0.131. The zero-order chi connectivity index (χ0) is 21.2. The van der Waals surface area contributed by atoms with Crippen molar-refractivity contribution in [2.24, 2.45) is 0 Å². The Morgan fingerprint density at radius 1 is 0.968 bits per heavy atom. The smallest absolute Gasteiger partial charge is 0.328 e. The highest BCUT2D eigenvalue weighted by Crippen LogP contribution is 2.40. The second-order valence-electron chi connectivity index (χ2n) is 7.83. The van der Waals surface area contributed by atoms with E-state index in [1.807, 2.05) is 18.3 Å². The molecule has 3 aromatic carbocycles. The minimum absolute atomic E-state index is 0.866. The Hall–Kier alpha value is -3.92. The number of carbonyl (C=O) groups is 1. The van der Waals surface area contributed by atoms with Crippen LogP contribution in [0.2, 0.25) is 0 Å². The first-order valence-electron chi connectivity index (χ1n) is 10.5. The second kappa shape index (κ2) is 8.07. The molecule has 0 bridgehead atoms. The second-order valence-corrected chi connectivity index (χ2v) is 7.83. The van der Waals surface area contributed by atoms with E-state index in [0.717, 1.165) is 46.9 Å². The largest absolute Gasteiger partial charge is 0.478 e. The molecule has 5 rings (SSSR count). The van der Waals surface area contributed by atoms with Crippen molar-refractivity contribution in [3.63, 3.8) is 0 Å². The lowest BCUT2D eigenvalue weighted by Crippen LogP contribution is -2.05. The van der Waals surface area contributed by atoms with Gasteiger partial charge in [0.1, 0.15) is 0 Å². The average Bonchev–Trinajstić information content (AvgIpc) is 3.27. The van der Waals surface area contributed by atoms with Gasteiger partial charge in [0.05, 0.1) is 11.7 Å². The lowest BCUT2D eigenvalue weighted by Gasteiger charge is -2.23. The Balaban J connectivity index is 1.70. The van der Waals surface area contributed by atoms with Crippen LogP contribution in [-0.2, 0) is 11.2 Å². The summed E-state index contributed by atoms with van der Waals surface area (Å²) >= 11 is 0. The molecule has 0 saturated carbocycles. The van der Waals surface area contributed by atoms with Gasteiger partial charge >= 0.3 is 5.97 Å². The van der Waals surface area contributed by atoms with Gasteiger partial charge in [-0.3, -0.25) is 5.10 Å². The maximum atomic E-state index is 10.8. The Bertz CT molecular complexity index is 1330. The molecule has 4 aromatic rings. The number of carboxylic acids is 1. The molecule has 2 N–H and O–H groups in total. The molecule has 4 heteroatoms. The molecule has 0 radical (unpaired) electrons. The summed E-state index contributed by atoms with van der Waals surface area (Å²) in [7, 11) is 0. The summed E-state index contributed by atoms with van der Waals surface area (Å²) in [6.07, 6.45) is 7.90. The van der Waals surface area contributed by atoms with Gasteiger partial charge in [-0.1, -0.05) is 54.6 Å². The molecule has 0 atom stereocenters. The van der Waals surface area contributed by atoms with E-state index in [1.165, 1.54) is 28.3 Å². The van der Waals surface area contributed by atoms with Crippen LogP contribution in [0.5, 0.6) is 0 Å². The first kappa shape index (κ1) is 19.1. The fraction of sp³-hybridized carbons (Fsp3) is 0.111. The Labute approximate surface area is 180 Å². The summed E-state index contributed by atoms with van der Waals surface area (Å²) in [6.45, 7) is 0. The van der Waals surface area contributed by atoms with Crippen molar-refractivity contribution in [1.82, 2.24) is 10.2 Å². The number of nitrogens with one attached hydrogen (secondary N) is 1. The van der Waals surface area contributed by atoms with Gasteiger partial charge in [0, 0.05) is 11.5 Å². The average molecular weight is 406 g/mol. The number of benzene rings is 3. The lowest BCUT2D eigenvalue weighted by atomic mass is 9.81. The van der Waals surface area contributed by atoms with Crippen molar-refractivity contribution in [3.05, 3.63) is 107 Å². The number of allylic oxidation sites excluding steroid dienone is 1. The number of hydrogen-bond acceptors (Lipinski definition) is 2. The Morgan fingerprint density at radius 2 is 1.77 bits per heavy atom. The minimum Gasteiger partial charge on any atom is -0.478 e. The van der Waals surface area contributed by atoms with Gasteiger partial charge in [-0.25, -0.2) is 4.79 Å². The van der Waals surface area contributed by atoms with Crippen LogP contribution >= 0.6 is 0 Å². The van der Waals surface area contributed by atoms with Crippen molar-refractivity contribution in [3.8, 4) is 0 Å². The number of nitrogens with zero attached hydrogens (tertiary/aromatic N) is 1. The standard InChI is InChI=1S/C27H22N2O2/c30-26(31)15-10-18-8-11-20(12-9-18)27(21-13-14-25-22(16-21)17-28-29-25)24-7-3-5-19-4-1-2-6-23(19)24/h1-2,4,6,8-17H,3,5,7H2,(H,28,29)(H,30,31)/b15-10+,27-24+. The number of hydrogen-bond donors (Lipinski definition) is 2. The number of aryl methyl sites for hydroxylation is 1. The number of aromatic nitrogens is 2. The van der Waals surface area contributed by atoms with E-state index in [0.29, 0.717) is 0 Å². The number of carboxylic acid groups (broad SMARTS) is 1. The Morgan fingerprint density at radius 3 is 2.61 bits per heavy atom. The third-order valence-electron chi connectivity index (χ3n) is 5.86. The van der Waals surface area contributed by atoms with Crippen LogP contribution in [0.25, 0.3) is 28.1 Å². The predicted octanol–water partition coefficient (Wildman–Crippen LogP) is 5.96. The third-order valence-corrected chi connectivity index (χ3v) is 5.86. The van der Waals surface area contributed by atoms with E-state index < -0.39 is 5.97 Å². The fourth-order valence-electron chi connectivity index (χ4n) is 4.42. The number of aliphatic carboxylic acids is 1. The zero-order valence-corrected chi connectivity index (χ0v) is 17.0. The molecular weight excluding hydrogens is 384 g/mol. The molecular formula is C27H22N2O2. The minimum atomic E-state index is -0.945. The van der Waals surface area contributed by atoms with Crippen LogP contribution in [-0.4, -0.2) is 21.3 Å². The van der Waals surface area contributed by atoms with Crippen molar-refractivity contribution < 1.29 is 9.90 Å². The van der Waals surface area contributed by atoms with Crippen LogP contribution < -0.4 is 0 Å². The normalized spacial score (nSPS) is 15.2. The molecule has 1 aliphatic rings. The molecule has 1 heterocycles. The molecule has 1 aliphatic carbocycles. The van der Waals surface area contributed by atoms with Gasteiger partial charge in [-0.2, -0.15) is 5.10 Å². The summed E-state index contributed by atoms with van der Waals surface area (Å²) in [6, 6.07) is 23.2. The van der Waals surface area contributed by atoms with Gasteiger partial charge in [0.15, 0.2) is 0 Å². The molecule has 4 nitrogen and oxygen atoms in total. The van der Waals surface area contributed by atoms with Crippen molar-refractivity contribution in [2.75, 3.05) is 0 Å². The van der Waals surface area contributed by atoms with Crippen molar-refractivity contribution >= 4 is 34.1 Å². The fourth-order valence-corrected chi connectivity index (χ4v) is 4.42. The molecule has 0 fully saturated rings. The van der Waals surface area contributed by atoms with E-state index in [9.17, 15) is 4.79 Å². The summed E-state index contributed by atoms with van der Waals surface area (Å²) in [5, 5.41) is 17.2. The maximum Gasteiger partial charge on any atom is 0.328 e. The summed E-state index contributed by atoms with van der Waals surface area (Å²) in [5.74, 6) is -0.945. The highest BCUT2D eigenvalue weighted by Gasteiger charge is 2.20. The van der Waals surface area contributed by atoms with E-state index in [4.69, 9.17) is 5.11 Å². The quantitative estimate of drug-likeness (QED) is 0.411. The van der Waals surface area contributed by atoms with E-state index >= 15 is 0 Å². The number of aromatic amines is 1. The first-order valence-corrected chi connectivity index (χ1v) is 10.5. The van der Waals surface area contributed by atoms with Crippen LogP contribution in [0.4, 0.5) is 0 Å². The van der Waals surface area contributed by atoms with Gasteiger partial charge in [0.25, 0.3) is 0 Å². The molecule has 0 amide bonds. The molecule has 0 aliphatic heterocycles. The molecule has 0 spiro atoms. The molecule has 31 heavy (non-hydrogen) atoms. The highest BCUT2D eigenvalue weighted by atomic mass is 16.4. The van der Waals surface area contributed by atoms with Crippen LogP contribution in [0.15, 0.2) is 79.0 Å². The van der Waals surface area contributed by atoms with Gasteiger partial charge < -0.3 is 5.11 Å².